The number of pyridine rings is 1. The van der Waals surface area contributed by atoms with E-state index in [4.69, 9.17) is 5.10 Å². The number of benzene rings is 4. The minimum Gasteiger partial charge on any atom is -0.256 e. The van der Waals surface area contributed by atoms with Crippen molar-refractivity contribution in [2.45, 2.75) is 6.30 Å². The van der Waals surface area contributed by atoms with Gasteiger partial charge in [0.15, 0.2) is 0 Å². The van der Waals surface area contributed by atoms with Crippen LogP contribution in [0, 0.1) is 6.07 Å². The number of alkyl halides is 3. The van der Waals surface area contributed by atoms with Gasteiger partial charge in [-0.25, -0.2) is 0 Å². The molecule has 0 aliphatic rings. The number of aromatic nitrogens is 3. The molecule has 0 bridgehead atoms. The van der Waals surface area contributed by atoms with Crippen molar-refractivity contribution in [2.24, 2.45) is 0 Å². The predicted molar refractivity (Wildman–Crippen MR) is 152 cm³/mol. The van der Waals surface area contributed by atoms with Crippen LogP contribution in [0.4, 0.5) is 13.2 Å². The van der Waals surface area contributed by atoms with E-state index in [0.717, 1.165) is 38.8 Å². The molecule has 0 amide bonds. The molecule has 1 radical (unpaired) electrons. The SMILES string of the molecule is FC(F)(F)n1c2ccccc2c2cc(-c3ccc(-c4cc5c6sccc6c6ccc[c-]c6n5n4)cc3)ccc21.[Ir]. The maximum absolute atomic E-state index is 13.9. The Balaban J connectivity index is 0.00000264. The largest absolute Gasteiger partial charge is 0.489 e. The van der Waals surface area contributed by atoms with Crippen LogP contribution in [-0.2, 0) is 26.4 Å². The summed E-state index contributed by atoms with van der Waals surface area (Å²) in [5.74, 6) is 0. The van der Waals surface area contributed by atoms with E-state index >= 15 is 0 Å². The van der Waals surface area contributed by atoms with Crippen LogP contribution in [0.2, 0.25) is 0 Å². The number of hydrogen-bond acceptors (Lipinski definition) is 2. The second-order valence-corrected chi connectivity index (χ2v) is 10.5. The molecular weight excluding hydrogens is 708 g/mol. The van der Waals surface area contributed by atoms with Crippen LogP contribution < -0.4 is 0 Å². The van der Waals surface area contributed by atoms with Crippen molar-refractivity contribution in [3.8, 4) is 22.4 Å². The number of rotatable bonds is 2. The van der Waals surface area contributed by atoms with E-state index in [-0.39, 0.29) is 31.1 Å². The first kappa shape index (κ1) is 25.0. The molecule has 3 nitrogen and oxygen atoms in total. The smallest absolute Gasteiger partial charge is 0.256 e. The third kappa shape index (κ3) is 3.64. The van der Waals surface area contributed by atoms with Gasteiger partial charge < -0.3 is 0 Å². The Kier molecular flexibility index (Phi) is 5.65. The van der Waals surface area contributed by atoms with E-state index in [1.807, 2.05) is 47.0 Å². The summed E-state index contributed by atoms with van der Waals surface area (Å²) in [7, 11) is 0. The minimum absolute atomic E-state index is 0. The van der Waals surface area contributed by atoms with Gasteiger partial charge >= 0.3 is 6.30 Å². The standard InChI is InChI=1S/C32H17F3N3S.Ir/c33-32(34,35)37-27-7-3-1-6-23(27)25-17-21(13-14-28(25)37)19-9-11-20(12-10-19)26-18-30-31-24(15-16-39-31)22-5-2-4-8-29(22)38(30)36-26;/h1-7,9-18H;/q-1;. The molecule has 0 aliphatic heterocycles. The van der Waals surface area contributed by atoms with Crippen LogP contribution >= 0.6 is 11.3 Å². The zero-order valence-electron chi connectivity index (χ0n) is 20.5. The van der Waals surface area contributed by atoms with Gasteiger partial charge in [0.25, 0.3) is 0 Å². The fraction of sp³-hybridized carbons (Fsp3) is 0.0312. The average molecular weight is 725 g/mol. The Morgan fingerprint density at radius 3 is 2.23 bits per heavy atom. The van der Waals surface area contributed by atoms with Crippen molar-refractivity contribution in [3.05, 3.63) is 109 Å². The molecule has 8 rings (SSSR count). The molecule has 0 atom stereocenters. The molecule has 4 heterocycles. The molecule has 40 heavy (non-hydrogen) atoms. The summed E-state index contributed by atoms with van der Waals surface area (Å²) in [5, 5.41) is 10.5. The first-order valence-corrected chi connectivity index (χ1v) is 13.3. The fourth-order valence-corrected chi connectivity index (χ4v) is 6.57. The molecule has 0 fully saturated rings. The first-order chi connectivity index (χ1) is 19.0. The third-order valence-electron chi connectivity index (χ3n) is 7.38. The van der Waals surface area contributed by atoms with Crippen molar-refractivity contribution in [1.82, 2.24) is 14.2 Å². The summed E-state index contributed by atoms with van der Waals surface area (Å²) in [6, 6.07) is 33.4. The van der Waals surface area contributed by atoms with Gasteiger partial charge in [-0.3, -0.25) is 9.08 Å². The topological polar surface area (TPSA) is 22.2 Å². The van der Waals surface area contributed by atoms with Crippen LogP contribution in [-0.4, -0.2) is 14.2 Å². The Morgan fingerprint density at radius 2 is 1.40 bits per heavy atom. The molecule has 0 unspecified atom stereocenters. The maximum atomic E-state index is 13.9. The van der Waals surface area contributed by atoms with Crippen molar-refractivity contribution in [2.75, 3.05) is 0 Å². The van der Waals surface area contributed by atoms with Crippen molar-refractivity contribution < 1.29 is 33.3 Å². The quantitative estimate of drug-likeness (QED) is 0.163. The van der Waals surface area contributed by atoms with E-state index in [1.54, 1.807) is 41.7 Å². The molecule has 197 valence electrons. The summed E-state index contributed by atoms with van der Waals surface area (Å²) in [5.41, 5.74) is 5.88. The molecule has 0 saturated heterocycles. The van der Waals surface area contributed by atoms with E-state index in [0.29, 0.717) is 15.3 Å². The Hall–Kier alpha value is -3.97. The predicted octanol–water partition coefficient (Wildman–Crippen LogP) is 9.42. The molecule has 0 aliphatic carbocycles. The van der Waals surface area contributed by atoms with E-state index < -0.39 is 6.30 Å². The Labute approximate surface area is 243 Å². The third-order valence-corrected chi connectivity index (χ3v) is 8.32. The maximum Gasteiger partial charge on any atom is 0.489 e. The summed E-state index contributed by atoms with van der Waals surface area (Å²) in [6.07, 6.45) is -4.50. The summed E-state index contributed by atoms with van der Waals surface area (Å²) in [4.78, 5) is 0. The summed E-state index contributed by atoms with van der Waals surface area (Å²) < 4.78 is 45.3. The average Bonchev–Trinajstić information content (AvgIpc) is 3.68. The number of nitrogens with zero attached hydrogens (tertiary/aromatic N) is 3. The van der Waals surface area contributed by atoms with E-state index in [2.05, 4.69) is 29.6 Å². The zero-order valence-corrected chi connectivity index (χ0v) is 23.7. The van der Waals surface area contributed by atoms with Crippen LogP contribution in [0.5, 0.6) is 0 Å². The normalized spacial score (nSPS) is 12.2. The van der Waals surface area contributed by atoms with Gasteiger partial charge in [0.05, 0.1) is 22.2 Å². The van der Waals surface area contributed by atoms with Gasteiger partial charge in [0.2, 0.25) is 0 Å². The molecular formula is C32H17F3IrN3S-. The number of hydrogen-bond donors (Lipinski definition) is 0. The molecule has 4 aromatic heterocycles. The van der Waals surface area contributed by atoms with Gasteiger partial charge in [-0.1, -0.05) is 60.0 Å². The minimum atomic E-state index is -4.50. The van der Waals surface area contributed by atoms with Gasteiger partial charge in [-0.05, 0) is 46.3 Å². The molecule has 8 heteroatoms. The van der Waals surface area contributed by atoms with Gasteiger partial charge in [-0.15, -0.1) is 29.9 Å². The van der Waals surface area contributed by atoms with Gasteiger partial charge in [-0.2, -0.15) is 29.4 Å². The number of thiophene rings is 1. The second kappa shape index (κ2) is 9.03. The van der Waals surface area contributed by atoms with Crippen molar-refractivity contribution >= 4 is 59.6 Å². The zero-order chi connectivity index (χ0) is 26.3. The van der Waals surface area contributed by atoms with Gasteiger partial charge in [0.1, 0.15) is 0 Å². The molecule has 0 N–H and O–H groups in total. The first-order valence-electron chi connectivity index (χ1n) is 12.4. The molecule has 4 aromatic carbocycles. The molecule has 8 aromatic rings. The van der Waals surface area contributed by atoms with Crippen LogP contribution in [0.15, 0.2) is 102 Å². The van der Waals surface area contributed by atoms with Gasteiger partial charge in [0, 0.05) is 41.1 Å². The van der Waals surface area contributed by atoms with Crippen molar-refractivity contribution in [3.63, 3.8) is 0 Å². The van der Waals surface area contributed by atoms with Crippen LogP contribution in [0.25, 0.3) is 70.7 Å². The number of fused-ring (bicyclic) bond motifs is 9. The fourth-order valence-electron chi connectivity index (χ4n) is 5.65. The molecule has 0 saturated carbocycles. The van der Waals surface area contributed by atoms with E-state index in [9.17, 15) is 13.2 Å². The monoisotopic (exact) mass is 725 g/mol. The second-order valence-electron chi connectivity index (χ2n) is 9.55. The van der Waals surface area contributed by atoms with Crippen molar-refractivity contribution in [1.29, 1.82) is 0 Å². The summed E-state index contributed by atoms with van der Waals surface area (Å²) >= 11 is 1.70. The van der Waals surface area contributed by atoms with Crippen LogP contribution in [0.3, 0.4) is 0 Å². The number of halogens is 3. The van der Waals surface area contributed by atoms with E-state index in [1.165, 1.54) is 16.2 Å². The Bertz CT molecular complexity index is 2220. The molecule has 0 spiro atoms. The summed E-state index contributed by atoms with van der Waals surface area (Å²) in [6.45, 7) is 0. The van der Waals surface area contributed by atoms with Crippen LogP contribution in [0.1, 0.15) is 0 Å². The Morgan fingerprint density at radius 1 is 0.675 bits per heavy atom. The number of para-hydroxylation sites is 2.